The van der Waals surface area contributed by atoms with Crippen molar-refractivity contribution in [1.82, 2.24) is 45.0 Å². The summed E-state index contributed by atoms with van der Waals surface area (Å²) in [6.45, 7) is 3.73. The van der Waals surface area contributed by atoms with Gasteiger partial charge in [-0.3, -0.25) is 19.1 Å². The van der Waals surface area contributed by atoms with E-state index in [9.17, 15) is 14.0 Å². The number of H-pyrrole nitrogens is 1. The summed E-state index contributed by atoms with van der Waals surface area (Å²) in [5, 5.41) is 20.4. The molecular formula is C30H27FN10O2. The van der Waals surface area contributed by atoms with Crippen molar-refractivity contribution in [3.8, 4) is 28.5 Å². The van der Waals surface area contributed by atoms with Crippen molar-refractivity contribution in [1.29, 1.82) is 0 Å². The molecule has 0 saturated carbocycles. The van der Waals surface area contributed by atoms with Gasteiger partial charge in [-0.15, -0.1) is 10.2 Å². The molecule has 2 aromatic carbocycles. The number of tetrazole rings is 1. The molecule has 0 saturated heterocycles. The molecule has 1 atom stereocenters. The Hall–Kier alpha value is -5.56. The van der Waals surface area contributed by atoms with E-state index >= 15 is 0 Å². The number of anilines is 1. The van der Waals surface area contributed by atoms with Crippen molar-refractivity contribution in [2.75, 3.05) is 12.4 Å². The SMILES string of the molecule is CNC(C)C(=O)Nc1cnc(-c2ccc(-c3nn[nH]n3)cc2)n(Cc2cncc(-n3cc(C)c4cc(F)ccc43)c2)c1=O. The molecule has 6 rings (SSSR count). The number of halogens is 1. The molecule has 0 aliphatic carbocycles. The number of aromatic nitrogens is 8. The Bertz CT molecular complexity index is 2000. The van der Waals surface area contributed by atoms with Gasteiger partial charge in [0.25, 0.3) is 5.56 Å². The van der Waals surface area contributed by atoms with E-state index in [2.05, 4.69) is 41.2 Å². The molecule has 6 aromatic rings. The summed E-state index contributed by atoms with van der Waals surface area (Å²) in [7, 11) is 1.66. The van der Waals surface area contributed by atoms with Gasteiger partial charge in [0.05, 0.1) is 36.2 Å². The molecule has 0 bridgehead atoms. The topological polar surface area (TPSA) is 148 Å². The van der Waals surface area contributed by atoms with Crippen molar-refractivity contribution in [2.45, 2.75) is 26.4 Å². The van der Waals surface area contributed by atoms with E-state index in [0.29, 0.717) is 17.2 Å². The number of nitrogens with zero attached hydrogens (tertiary/aromatic N) is 7. The summed E-state index contributed by atoms with van der Waals surface area (Å²) < 4.78 is 17.4. The fourth-order valence-corrected chi connectivity index (χ4v) is 4.83. The summed E-state index contributed by atoms with van der Waals surface area (Å²) in [5.74, 6) is 0.167. The number of hydrogen-bond acceptors (Lipinski definition) is 8. The third-order valence-corrected chi connectivity index (χ3v) is 7.24. The Morgan fingerprint density at radius 1 is 1.07 bits per heavy atom. The van der Waals surface area contributed by atoms with E-state index in [1.54, 1.807) is 32.4 Å². The van der Waals surface area contributed by atoms with Gasteiger partial charge in [-0.25, -0.2) is 9.37 Å². The molecule has 12 nitrogen and oxygen atoms in total. The minimum Gasteiger partial charge on any atom is -0.319 e. The van der Waals surface area contributed by atoms with Crippen LogP contribution in [0.2, 0.25) is 0 Å². The predicted molar refractivity (Wildman–Crippen MR) is 159 cm³/mol. The highest BCUT2D eigenvalue weighted by Gasteiger charge is 2.18. The van der Waals surface area contributed by atoms with Crippen LogP contribution in [0.5, 0.6) is 0 Å². The van der Waals surface area contributed by atoms with Gasteiger partial charge in [0.2, 0.25) is 11.7 Å². The Labute approximate surface area is 244 Å². The summed E-state index contributed by atoms with van der Waals surface area (Å²) in [6, 6.07) is 13.3. The van der Waals surface area contributed by atoms with Crippen LogP contribution in [-0.2, 0) is 11.3 Å². The third-order valence-electron chi connectivity index (χ3n) is 7.24. The third kappa shape index (κ3) is 5.40. The average molecular weight is 579 g/mol. The van der Waals surface area contributed by atoms with E-state index in [0.717, 1.165) is 33.3 Å². The van der Waals surface area contributed by atoms with Gasteiger partial charge >= 0.3 is 0 Å². The first-order chi connectivity index (χ1) is 20.8. The van der Waals surface area contributed by atoms with Crippen molar-refractivity contribution in [3.63, 3.8) is 0 Å². The molecule has 0 fully saturated rings. The summed E-state index contributed by atoms with van der Waals surface area (Å²) in [4.78, 5) is 35.4. The van der Waals surface area contributed by atoms with Crippen LogP contribution in [0.25, 0.3) is 39.4 Å². The Morgan fingerprint density at radius 2 is 1.86 bits per heavy atom. The monoisotopic (exact) mass is 578 g/mol. The Morgan fingerprint density at radius 3 is 2.60 bits per heavy atom. The average Bonchev–Trinajstić information content (AvgIpc) is 3.67. The van der Waals surface area contributed by atoms with E-state index in [4.69, 9.17) is 0 Å². The molecule has 3 N–H and O–H groups in total. The molecule has 43 heavy (non-hydrogen) atoms. The van der Waals surface area contributed by atoms with Gasteiger partial charge in [-0.1, -0.05) is 24.3 Å². The number of benzene rings is 2. The lowest BCUT2D eigenvalue weighted by molar-refractivity contribution is -0.117. The van der Waals surface area contributed by atoms with Crippen molar-refractivity contribution >= 4 is 22.5 Å². The lowest BCUT2D eigenvalue weighted by atomic mass is 10.1. The van der Waals surface area contributed by atoms with Crippen LogP contribution >= 0.6 is 0 Å². The molecule has 216 valence electrons. The van der Waals surface area contributed by atoms with Crippen LogP contribution in [0, 0.1) is 12.7 Å². The number of likely N-dealkylation sites (N-methyl/N-ethyl adjacent to an activating group) is 1. The minimum atomic E-state index is -0.514. The first-order valence-corrected chi connectivity index (χ1v) is 13.5. The van der Waals surface area contributed by atoms with Crippen LogP contribution in [0.1, 0.15) is 18.1 Å². The number of hydrogen-bond donors (Lipinski definition) is 3. The molecule has 0 spiro atoms. The standard InChI is InChI=1S/C30H27FN10O2/c1-17-15-40(26-9-8-22(31)11-24(17)26)23-10-19(12-33-13-23)16-41-28(21-6-4-20(5-7-21)27-36-38-39-37-27)34-14-25(30(41)43)35-29(42)18(2)32-3/h4-15,18,32H,16H2,1-3H3,(H,35,42)(H,36,37,38,39). The van der Waals surface area contributed by atoms with Gasteiger partial charge in [0, 0.05) is 28.9 Å². The zero-order valence-corrected chi connectivity index (χ0v) is 23.5. The van der Waals surface area contributed by atoms with E-state index < -0.39 is 11.6 Å². The second kappa shape index (κ2) is 11.4. The van der Waals surface area contributed by atoms with Gasteiger partial charge in [0.15, 0.2) is 0 Å². The summed E-state index contributed by atoms with van der Waals surface area (Å²) in [6.07, 6.45) is 6.67. The first kappa shape index (κ1) is 27.6. The lowest BCUT2D eigenvalue weighted by Gasteiger charge is -2.16. The van der Waals surface area contributed by atoms with Crippen molar-refractivity contribution in [2.24, 2.45) is 0 Å². The first-order valence-electron chi connectivity index (χ1n) is 13.5. The predicted octanol–water partition coefficient (Wildman–Crippen LogP) is 3.47. The number of aryl methyl sites for hydroxylation is 1. The molecular weight excluding hydrogens is 551 g/mol. The van der Waals surface area contributed by atoms with Crippen LogP contribution in [0.15, 0.2) is 78.1 Å². The second-order valence-corrected chi connectivity index (χ2v) is 10.1. The zero-order valence-electron chi connectivity index (χ0n) is 23.5. The number of rotatable bonds is 8. The smallest absolute Gasteiger partial charge is 0.277 e. The van der Waals surface area contributed by atoms with Crippen LogP contribution < -0.4 is 16.2 Å². The highest BCUT2D eigenvalue weighted by Crippen LogP contribution is 2.26. The van der Waals surface area contributed by atoms with E-state index in [-0.39, 0.29) is 24.0 Å². The maximum Gasteiger partial charge on any atom is 0.277 e. The number of amides is 1. The van der Waals surface area contributed by atoms with Gasteiger partial charge in [0.1, 0.15) is 17.3 Å². The van der Waals surface area contributed by atoms with Gasteiger partial charge in [-0.2, -0.15) is 5.21 Å². The fraction of sp³-hybridized carbons (Fsp3) is 0.167. The molecule has 4 aromatic heterocycles. The Balaban J connectivity index is 1.41. The van der Waals surface area contributed by atoms with Crippen LogP contribution in [0.4, 0.5) is 10.1 Å². The normalized spacial score (nSPS) is 12.0. The largest absolute Gasteiger partial charge is 0.319 e. The number of fused-ring (bicyclic) bond motifs is 1. The quantitative estimate of drug-likeness (QED) is 0.249. The number of carbonyl (C=O) groups excluding carboxylic acids is 1. The maximum absolute atomic E-state index is 13.9. The molecule has 0 aliphatic heterocycles. The number of aromatic amines is 1. The zero-order chi connectivity index (χ0) is 30.1. The minimum absolute atomic E-state index is 0.0532. The molecule has 13 heteroatoms. The number of nitrogens with one attached hydrogen (secondary N) is 3. The molecule has 1 unspecified atom stereocenters. The highest BCUT2D eigenvalue weighted by molar-refractivity contribution is 5.94. The fourth-order valence-electron chi connectivity index (χ4n) is 4.83. The van der Waals surface area contributed by atoms with Gasteiger partial charge in [-0.05, 0) is 61.5 Å². The van der Waals surface area contributed by atoms with Crippen molar-refractivity contribution in [3.05, 3.63) is 101 Å². The lowest BCUT2D eigenvalue weighted by Crippen LogP contribution is -2.38. The van der Waals surface area contributed by atoms with E-state index in [1.807, 2.05) is 48.0 Å². The number of pyridine rings is 1. The molecule has 0 aliphatic rings. The second-order valence-electron chi connectivity index (χ2n) is 10.1. The number of carbonyl (C=O) groups is 1. The van der Waals surface area contributed by atoms with Crippen molar-refractivity contribution < 1.29 is 9.18 Å². The molecule has 0 radical (unpaired) electrons. The summed E-state index contributed by atoms with van der Waals surface area (Å²) >= 11 is 0. The molecule has 4 heterocycles. The van der Waals surface area contributed by atoms with Crippen LogP contribution in [-0.4, -0.2) is 58.7 Å². The van der Waals surface area contributed by atoms with E-state index in [1.165, 1.54) is 22.9 Å². The molecule has 1 amide bonds. The highest BCUT2D eigenvalue weighted by atomic mass is 19.1. The Kier molecular flexibility index (Phi) is 7.30. The van der Waals surface area contributed by atoms with Gasteiger partial charge < -0.3 is 15.2 Å². The maximum atomic E-state index is 13.9. The van der Waals surface area contributed by atoms with Crippen LogP contribution in [0.3, 0.4) is 0 Å². The summed E-state index contributed by atoms with van der Waals surface area (Å²) in [5.41, 5.74) is 4.27.